The zero-order chi connectivity index (χ0) is 23.0. The lowest BCUT2D eigenvalue weighted by molar-refractivity contribution is -0.148. The first-order chi connectivity index (χ1) is 14.8. The third-order valence-electron chi connectivity index (χ3n) is 5.01. The lowest BCUT2D eigenvalue weighted by atomic mass is 9.96. The smallest absolute Gasteiger partial charge is 0.278 e. The van der Waals surface area contributed by atoms with Gasteiger partial charge < -0.3 is 15.5 Å². The van der Waals surface area contributed by atoms with Crippen LogP contribution < -0.4 is 16.1 Å². The van der Waals surface area contributed by atoms with Gasteiger partial charge in [-0.15, -0.1) is 0 Å². The Hall–Kier alpha value is -3.67. The van der Waals surface area contributed by atoms with E-state index in [1.807, 2.05) is 31.3 Å². The van der Waals surface area contributed by atoms with Crippen LogP contribution in [0.2, 0.25) is 0 Å². The number of hydroxylamine groups is 1. The van der Waals surface area contributed by atoms with Crippen LogP contribution in [0.15, 0.2) is 48.5 Å². The van der Waals surface area contributed by atoms with E-state index in [1.54, 1.807) is 24.3 Å². The zero-order valence-electron chi connectivity index (χ0n) is 17.9. The SMILES string of the molecule is CNCc1ccc(C#Cc2ccc(C(=O)N(C)[C@@](C)(C(=O)NC)C(=O)NO)cc2)cc1. The molecule has 162 valence electrons. The topological polar surface area (TPSA) is 111 Å². The predicted molar refractivity (Wildman–Crippen MR) is 116 cm³/mol. The van der Waals surface area contributed by atoms with Crippen LogP contribution in [0, 0.1) is 11.8 Å². The minimum Gasteiger partial charge on any atom is -0.357 e. The molecule has 0 aromatic heterocycles. The number of amides is 3. The fourth-order valence-corrected chi connectivity index (χ4v) is 2.91. The molecular formula is C23H26N4O4. The van der Waals surface area contributed by atoms with Crippen molar-refractivity contribution >= 4 is 17.7 Å². The van der Waals surface area contributed by atoms with Crippen molar-refractivity contribution in [2.24, 2.45) is 0 Å². The van der Waals surface area contributed by atoms with Gasteiger partial charge in [0.05, 0.1) is 0 Å². The van der Waals surface area contributed by atoms with Gasteiger partial charge in [0, 0.05) is 37.3 Å². The number of benzene rings is 2. The molecule has 8 heteroatoms. The molecule has 0 spiro atoms. The molecule has 3 amide bonds. The van der Waals surface area contributed by atoms with E-state index in [-0.39, 0.29) is 5.56 Å². The van der Waals surface area contributed by atoms with Crippen molar-refractivity contribution in [2.75, 3.05) is 21.1 Å². The average molecular weight is 422 g/mol. The summed E-state index contributed by atoms with van der Waals surface area (Å²) in [5.74, 6) is 3.79. The highest BCUT2D eigenvalue weighted by Crippen LogP contribution is 2.18. The minimum absolute atomic E-state index is 0.269. The highest BCUT2D eigenvalue weighted by Gasteiger charge is 2.47. The van der Waals surface area contributed by atoms with Crippen LogP contribution >= 0.6 is 0 Å². The lowest BCUT2D eigenvalue weighted by Gasteiger charge is -2.34. The number of rotatable bonds is 6. The van der Waals surface area contributed by atoms with Gasteiger partial charge in [0.25, 0.3) is 17.7 Å². The lowest BCUT2D eigenvalue weighted by Crippen LogP contribution is -2.64. The third-order valence-corrected chi connectivity index (χ3v) is 5.01. The van der Waals surface area contributed by atoms with Crippen LogP contribution in [0.25, 0.3) is 0 Å². The molecule has 0 bridgehead atoms. The summed E-state index contributed by atoms with van der Waals surface area (Å²) in [7, 11) is 4.55. The molecule has 2 aromatic rings. The van der Waals surface area contributed by atoms with Crippen LogP contribution in [0.4, 0.5) is 0 Å². The molecule has 0 aliphatic rings. The molecule has 0 heterocycles. The van der Waals surface area contributed by atoms with Crippen molar-refractivity contribution in [2.45, 2.75) is 19.0 Å². The Morgan fingerprint density at radius 2 is 1.45 bits per heavy atom. The molecule has 2 rings (SSSR count). The fourth-order valence-electron chi connectivity index (χ4n) is 2.91. The molecule has 0 unspecified atom stereocenters. The number of likely N-dealkylation sites (N-methyl/N-ethyl adjacent to an activating group) is 2. The zero-order valence-corrected chi connectivity index (χ0v) is 17.9. The molecule has 1 atom stereocenters. The van der Waals surface area contributed by atoms with Gasteiger partial charge in [-0.05, 0) is 55.9 Å². The molecule has 0 saturated carbocycles. The monoisotopic (exact) mass is 422 g/mol. The molecule has 8 nitrogen and oxygen atoms in total. The summed E-state index contributed by atoms with van der Waals surface area (Å²) in [5, 5.41) is 14.4. The Bertz CT molecular complexity index is 989. The Morgan fingerprint density at radius 3 is 1.90 bits per heavy atom. The maximum Gasteiger partial charge on any atom is 0.278 e. The van der Waals surface area contributed by atoms with Crippen LogP contribution in [0.5, 0.6) is 0 Å². The van der Waals surface area contributed by atoms with Crippen molar-refractivity contribution in [3.8, 4) is 11.8 Å². The second kappa shape index (κ2) is 10.4. The van der Waals surface area contributed by atoms with Crippen LogP contribution in [-0.2, 0) is 16.1 Å². The van der Waals surface area contributed by atoms with E-state index >= 15 is 0 Å². The van der Waals surface area contributed by atoms with Gasteiger partial charge in [-0.2, -0.15) is 0 Å². The predicted octanol–water partition coefficient (Wildman–Crippen LogP) is 0.888. The van der Waals surface area contributed by atoms with E-state index in [1.165, 1.54) is 32.1 Å². The summed E-state index contributed by atoms with van der Waals surface area (Å²) >= 11 is 0. The first kappa shape index (κ1) is 23.6. The Morgan fingerprint density at radius 1 is 0.935 bits per heavy atom. The van der Waals surface area contributed by atoms with Crippen molar-refractivity contribution in [3.05, 3.63) is 70.8 Å². The summed E-state index contributed by atoms with van der Waals surface area (Å²) in [6.45, 7) is 2.04. The number of carbonyl (C=O) groups excluding carboxylic acids is 3. The molecule has 0 fully saturated rings. The molecule has 2 aromatic carbocycles. The summed E-state index contributed by atoms with van der Waals surface area (Å²) < 4.78 is 0. The van der Waals surface area contributed by atoms with Gasteiger partial charge in [-0.3, -0.25) is 19.6 Å². The molecule has 0 aliphatic heterocycles. The summed E-state index contributed by atoms with van der Waals surface area (Å²) in [6, 6.07) is 14.4. The Labute approximate surface area is 181 Å². The molecule has 0 aliphatic carbocycles. The number of hydrogen-bond donors (Lipinski definition) is 4. The molecule has 31 heavy (non-hydrogen) atoms. The fraction of sp³-hybridized carbons (Fsp3) is 0.261. The van der Waals surface area contributed by atoms with E-state index in [4.69, 9.17) is 5.21 Å². The summed E-state index contributed by atoms with van der Waals surface area (Å²) in [4.78, 5) is 38.2. The van der Waals surface area contributed by atoms with Crippen LogP contribution in [-0.4, -0.2) is 54.5 Å². The van der Waals surface area contributed by atoms with Gasteiger partial charge in [-0.1, -0.05) is 24.0 Å². The van der Waals surface area contributed by atoms with E-state index in [0.29, 0.717) is 5.56 Å². The maximum absolute atomic E-state index is 12.9. The molecular weight excluding hydrogens is 396 g/mol. The third kappa shape index (κ3) is 5.28. The van der Waals surface area contributed by atoms with Crippen molar-refractivity contribution in [3.63, 3.8) is 0 Å². The van der Waals surface area contributed by atoms with Crippen LogP contribution in [0.1, 0.15) is 34.0 Å². The summed E-state index contributed by atoms with van der Waals surface area (Å²) in [6.07, 6.45) is 0. The van der Waals surface area contributed by atoms with E-state index in [9.17, 15) is 14.4 Å². The normalized spacial score (nSPS) is 12.0. The first-order valence-electron chi connectivity index (χ1n) is 9.58. The van der Waals surface area contributed by atoms with Gasteiger partial charge in [0.15, 0.2) is 5.54 Å². The van der Waals surface area contributed by atoms with E-state index in [0.717, 1.165) is 17.0 Å². The number of nitrogens with one attached hydrogen (secondary N) is 3. The van der Waals surface area contributed by atoms with Crippen molar-refractivity contribution < 1.29 is 19.6 Å². The number of carbonyl (C=O) groups is 3. The first-order valence-corrected chi connectivity index (χ1v) is 9.58. The maximum atomic E-state index is 12.9. The Balaban J connectivity index is 2.20. The largest absolute Gasteiger partial charge is 0.357 e. The van der Waals surface area contributed by atoms with Gasteiger partial charge in [0.1, 0.15) is 0 Å². The van der Waals surface area contributed by atoms with Gasteiger partial charge in [0.2, 0.25) is 0 Å². The second-order valence-electron chi connectivity index (χ2n) is 7.01. The highest BCUT2D eigenvalue weighted by molar-refractivity contribution is 6.12. The van der Waals surface area contributed by atoms with E-state index < -0.39 is 23.3 Å². The van der Waals surface area contributed by atoms with Gasteiger partial charge in [-0.25, -0.2) is 5.48 Å². The van der Waals surface area contributed by atoms with Crippen molar-refractivity contribution in [1.29, 1.82) is 0 Å². The summed E-state index contributed by atoms with van der Waals surface area (Å²) in [5.41, 5.74) is 2.53. The number of nitrogens with zero attached hydrogens (tertiary/aromatic N) is 1. The molecule has 0 saturated heterocycles. The Kier molecular flexibility index (Phi) is 7.91. The molecule has 0 radical (unpaired) electrons. The quantitative estimate of drug-likeness (QED) is 0.239. The molecule has 4 N–H and O–H groups in total. The highest BCUT2D eigenvalue weighted by atomic mass is 16.5. The van der Waals surface area contributed by atoms with Crippen molar-refractivity contribution in [1.82, 2.24) is 21.0 Å². The van der Waals surface area contributed by atoms with Gasteiger partial charge >= 0.3 is 0 Å². The average Bonchev–Trinajstić information content (AvgIpc) is 2.81. The van der Waals surface area contributed by atoms with Crippen LogP contribution in [0.3, 0.4) is 0 Å². The number of hydrogen-bond acceptors (Lipinski definition) is 5. The minimum atomic E-state index is -1.93. The second-order valence-corrected chi connectivity index (χ2v) is 7.01. The van der Waals surface area contributed by atoms with E-state index in [2.05, 4.69) is 22.5 Å². The standard InChI is InChI=1S/C23H26N4O4/c1-23(21(29)25-3,22(30)26-31)27(4)20(28)19-13-11-17(12-14-19)6-5-16-7-9-18(10-8-16)15-24-2/h7-14,24,31H,15H2,1-4H3,(H,25,29)(H,26,30)/t23-/m0/s1.